The minimum absolute atomic E-state index is 0.0608. The molecule has 1 amide bonds. The molecule has 0 aromatic rings. The van der Waals surface area contributed by atoms with Crippen molar-refractivity contribution in [2.45, 2.75) is 63.2 Å². The first-order chi connectivity index (χ1) is 8.97. The zero-order valence-electron chi connectivity index (χ0n) is 10.9. The van der Waals surface area contributed by atoms with Gasteiger partial charge in [-0.1, -0.05) is 12.8 Å². The van der Waals surface area contributed by atoms with Crippen LogP contribution in [0.25, 0.3) is 0 Å². The third-order valence-corrected chi connectivity index (χ3v) is 3.89. The number of hydrogen-bond acceptors (Lipinski definition) is 2. The molecule has 6 heteroatoms. The van der Waals surface area contributed by atoms with Crippen LogP contribution < -0.4 is 10.6 Å². The fourth-order valence-electron chi connectivity index (χ4n) is 2.67. The van der Waals surface area contributed by atoms with Gasteiger partial charge in [-0.15, -0.1) is 0 Å². The summed E-state index contributed by atoms with van der Waals surface area (Å²) in [6.07, 6.45) is 0.411. The van der Waals surface area contributed by atoms with E-state index in [2.05, 4.69) is 10.6 Å². The normalized spacial score (nSPS) is 28.2. The average Bonchev–Trinajstić information content (AvgIpc) is 3.12. The SMILES string of the molecule is O=C(CCNC1CCCCC1C(F)(F)F)NC1CC1. The maximum atomic E-state index is 12.8. The smallest absolute Gasteiger partial charge is 0.353 e. The van der Waals surface area contributed by atoms with Crippen molar-refractivity contribution in [1.29, 1.82) is 0 Å². The zero-order valence-corrected chi connectivity index (χ0v) is 10.9. The van der Waals surface area contributed by atoms with Crippen LogP contribution in [-0.4, -0.2) is 30.7 Å². The van der Waals surface area contributed by atoms with Crippen LogP contribution in [0.1, 0.15) is 44.9 Å². The van der Waals surface area contributed by atoms with Crippen molar-refractivity contribution in [3.8, 4) is 0 Å². The number of halogens is 3. The van der Waals surface area contributed by atoms with Crippen molar-refractivity contribution >= 4 is 5.91 Å². The Balaban J connectivity index is 1.71. The summed E-state index contributed by atoms with van der Waals surface area (Å²) < 4.78 is 38.5. The predicted molar refractivity (Wildman–Crippen MR) is 65.6 cm³/mol. The van der Waals surface area contributed by atoms with Gasteiger partial charge >= 0.3 is 6.18 Å². The summed E-state index contributed by atoms with van der Waals surface area (Å²) >= 11 is 0. The number of carbonyl (C=O) groups is 1. The molecule has 0 aliphatic heterocycles. The summed E-state index contributed by atoms with van der Waals surface area (Å²) in [7, 11) is 0. The molecule has 110 valence electrons. The Bertz CT molecular complexity index is 316. The first-order valence-corrected chi connectivity index (χ1v) is 7.06. The third kappa shape index (κ3) is 4.67. The second-order valence-corrected chi connectivity index (χ2v) is 5.58. The molecular formula is C13H21F3N2O. The van der Waals surface area contributed by atoms with E-state index in [9.17, 15) is 18.0 Å². The lowest BCUT2D eigenvalue weighted by atomic mass is 9.84. The lowest BCUT2D eigenvalue weighted by Crippen LogP contribution is -2.46. The second kappa shape index (κ2) is 6.11. The van der Waals surface area contributed by atoms with Crippen LogP contribution in [0.2, 0.25) is 0 Å². The van der Waals surface area contributed by atoms with Gasteiger partial charge in [-0.3, -0.25) is 4.79 Å². The molecule has 2 aliphatic rings. The van der Waals surface area contributed by atoms with Crippen LogP contribution in [0.4, 0.5) is 13.2 Å². The van der Waals surface area contributed by atoms with Gasteiger partial charge in [0.05, 0.1) is 5.92 Å². The van der Waals surface area contributed by atoms with E-state index in [4.69, 9.17) is 0 Å². The van der Waals surface area contributed by atoms with E-state index in [1.807, 2.05) is 0 Å². The standard InChI is InChI=1S/C13H21F3N2O/c14-13(15,16)10-3-1-2-4-11(10)17-8-7-12(19)18-9-5-6-9/h9-11,17H,1-8H2,(H,18,19). The molecule has 2 atom stereocenters. The van der Waals surface area contributed by atoms with E-state index in [1.54, 1.807) is 0 Å². The van der Waals surface area contributed by atoms with Gasteiger partial charge in [0.1, 0.15) is 0 Å². The predicted octanol–water partition coefficient (Wildman–Crippen LogP) is 2.37. The Kier molecular flexibility index (Phi) is 4.71. The van der Waals surface area contributed by atoms with Crippen LogP contribution in [0.15, 0.2) is 0 Å². The summed E-state index contributed by atoms with van der Waals surface area (Å²) in [5.41, 5.74) is 0. The van der Waals surface area contributed by atoms with Crippen LogP contribution >= 0.6 is 0 Å². The minimum Gasteiger partial charge on any atom is -0.353 e. The topological polar surface area (TPSA) is 41.1 Å². The Hall–Kier alpha value is -0.780. The number of nitrogens with one attached hydrogen (secondary N) is 2. The first-order valence-electron chi connectivity index (χ1n) is 7.06. The van der Waals surface area contributed by atoms with Gasteiger partial charge in [0.2, 0.25) is 5.91 Å². The molecule has 2 rings (SSSR count). The quantitative estimate of drug-likeness (QED) is 0.810. The minimum atomic E-state index is -4.13. The molecule has 0 aromatic heterocycles. The van der Waals surface area contributed by atoms with Gasteiger partial charge in [-0.25, -0.2) is 0 Å². The van der Waals surface area contributed by atoms with Crippen molar-refractivity contribution in [3.05, 3.63) is 0 Å². The molecule has 2 aliphatic carbocycles. The Morgan fingerprint density at radius 2 is 1.79 bits per heavy atom. The molecule has 0 spiro atoms. The van der Waals surface area contributed by atoms with Gasteiger partial charge < -0.3 is 10.6 Å². The van der Waals surface area contributed by atoms with E-state index < -0.39 is 18.1 Å². The Morgan fingerprint density at radius 1 is 1.11 bits per heavy atom. The first kappa shape index (κ1) is 14.6. The van der Waals surface area contributed by atoms with Gasteiger partial charge in [0.25, 0.3) is 0 Å². The van der Waals surface area contributed by atoms with Crippen LogP contribution in [-0.2, 0) is 4.79 Å². The summed E-state index contributed by atoms with van der Waals surface area (Å²) in [6, 6.07) is -0.215. The van der Waals surface area contributed by atoms with Crippen LogP contribution in [0, 0.1) is 5.92 Å². The summed E-state index contributed by atoms with van der Waals surface area (Å²) in [6.45, 7) is 0.329. The summed E-state index contributed by atoms with van der Waals surface area (Å²) in [5.74, 6) is -1.32. The molecule has 0 aromatic carbocycles. The number of amides is 1. The molecule has 2 N–H and O–H groups in total. The highest BCUT2D eigenvalue weighted by Gasteiger charge is 2.45. The molecular weight excluding hydrogens is 257 g/mol. The van der Waals surface area contributed by atoms with E-state index >= 15 is 0 Å². The third-order valence-electron chi connectivity index (χ3n) is 3.89. The molecule has 0 saturated heterocycles. The van der Waals surface area contributed by atoms with E-state index in [0.29, 0.717) is 25.4 Å². The Labute approximate surface area is 111 Å². The summed E-state index contributed by atoms with van der Waals surface area (Å²) in [5, 5.41) is 5.75. The number of carbonyl (C=O) groups excluding carboxylic acids is 1. The van der Waals surface area contributed by atoms with Gasteiger partial charge in [0, 0.05) is 25.0 Å². The average molecular weight is 278 g/mol. The largest absolute Gasteiger partial charge is 0.393 e. The molecule has 2 fully saturated rings. The lowest BCUT2D eigenvalue weighted by molar-refractivity contribution is -0.188. The van der Waals surface area contributed by atoms with Crippen molar-refractivity contribution in [2.75, 3.05) is 6.54 Å². The fraction of sp³-hybridized carbons (Fsp3) is 0.923. The lowest BCUT2D eigenvalue weighted by Gasteiger charge is -2.33. The maximum absolute atomic E-state index is 12.8. The van der Waals surface area contributed by atoms with Crippen molar-refractivity contribution in [2.24, 2.45) is 5.92 Å². The maximum Gasteiger partial charge on any atom is 0.393 e. The van der Waals surface area contributed by atoms with Gasteiger partial charge in [-0.2, -0.15) is 13.2 Å². The molecule has 3 nitrogen and oxygen atoms in total. The molecule has 0 radical (unpaired) electrons. The highest BCUT2D eigenvalue weighted by Crippen LogP contribution is 2.37. The van der Waals surface area contributed by atoms with Crippen molar-refractivity contribution in [1.82, 2.24) is 10.6 Å². The zero-order chi connectivity index (χ0) is 13.9. The summed E-state index contributed by atoms with van der Waals surface area (Å²) in [4.78, 5) is 11.4. The van der Waals surface area contributed by atoms with Gasteiger partial charge in [-0.05, 0) is 25.7 Å². The van der Waals surface area contributed by atoms with E-state index in [-0.39, 0.29) is 18.7 Å². The molecule has 2 unspecified atom stereocenters. The number of alkyl halides is 3. The highest BCUT2D eigenvalue weighted by atomic mass is 19.4. The van der Waals surface area contributed by atoms with Crippen LogP contribution in [0.3, 0.4) is 0 Å². The van der Waals surface area contributed by atoms with Crippen LogP contribution in [0.5, 0.6) is 0 Å². The number of rotatable bonds is 5. The molecule has 2 saturated carbocycles. The monoisotopic (exact) mass is 278 g/mol. The molecule has 0 heterocycles. The Morgan fingerprint density at radius 3 is 2.42 bits per heavy atom. The second-order valence-electron chi connectivity index (χ2n) is 5.58. The van der Waals surface area contributed by atoms with E-state index in [0.717, 1.165) is 19.3 Å². The number of hydrogen-bond donors (Lipinski definition) is 2. The molecule has 19 heavy (non-hydrogen) atoms. The molecule has 0 bridgehead atoms. The van der Waals surface area contributed by atoms with Gasteiger partial charge in [0.15, 0.2) is 0 Å². The van der Waals surface area contributed by atoms with Crippen molar-refractivity contribution < 1.29 is 18.0 Å². The van der Waals surface area contributed by atoms with E-state index in [1.165, 1.54) is 0 Å². The van der Waals surface area contributed by atoms with Crippen molar-refractivity contribution in [3.63, 3.8) is 0 Å². The fourth-order valence-corrected chi connectivity index (χ4v) is 2.67. The highest BCUT2D eigenvalue weighted by molar-refractivity contribution is 5.76.